The molecule has 0 bridgehead atoms. The first kappa shape index (κ1) is 12.0. The van der Waals surface area contributed by atoms with Gasteiger partial charge in [-0.15, -0.1) is 0 Å². The van der Waals surface area contributed by atoms with Crippen molar-refractivity contribution in [1.29, 1.82) is 0 Å². The van der Waals surface area contributed by atoms with Gasteiger partial charge in [-0.25, -0.2) is 0 Å². The minimum atomic E-state index is -0.696. The third-order valence-corrected chi connectivity index (χ3v) is 3.86. The molecule has 1 heterocycles. The smallest absolute Gasteiger partial charge is 0.233 e. The fourth-order valence-electron chi connectivity index (χ4n) is 2.65. The van der Waals surface area contributed by atoms with Crippen molar-refractivity contribution in [3.8, 4) is 5.75 Å². The van der Waals surface area contributed by atoms with Crippen LogP contribution in [0.25, 0.3) is 0 Å². The van der Waals surface area contributed by atoms with E-state index in [1.807, 2.05) is 6.07 Å². The number of phenols is 1. The maximum Gasteiger partial charge on any atom is 0.233 e. The topological polar surface area (TPSA) is 83.7 Å². The van der Waals surface area contributed by atoms with Gasteiger partial charge in [-0.1, -0.05) is 6.07 Å². The molecule has 1 aliphatic carbocycles. The lowest BCUT2D eigenvalue weighted by molar-refractivity contribution is -0.497. The zero-order chi connectivity index (χ0) is 13.6. The fourth-order valence-corrected chi connectivity index (χ4v) is 2.65. The SMILES string of the molecule is O=C([C@H]1C[C@@H]1[N+](=O)[O-])N1CCc2ccc(O)cc2C1. The van der Waals surface area contributed by atoms with Crippen LogP contribution in [0.1, 0.15) is 17.5 Å². The first-order valence-corrected chi connectivity index (χ1v) is 6.29. The summed E-state index contributed by atoms with van der Waals surface area (Å²) in [6.45, 7) is 1.03. The number of hydrogen-bond acceptors (Lipinski definition) is 4. The highest BCUT2D eigenvalue weighted by molar-refractivity contribution is 5.82. The third-order valence-electron chi connectivity index (χ3n) is 3.86. The lowest BCUT2D eigenvalue weighted by Gasteiger charge is -2.28. The number of rotatable bonds is 2. The summed E-state index contributed by atoms with van der Waals surface area (Å²) in [5.41, 5.74) is 2.06. The van der Waals surface area contributed by atoms with Crippen LogP contribution in [-0.4, -0.2) is 33.4 Å². The van der Waals surface area contributed by atoms with Gasteiger partial charge in [-0.3, -0.25) is 14.9 Å². The zero-order valence-corrected chi connectivity index (χ0v) is 10.3. The van der Waals surface area contributed by atoms with E-state index in [1.165, 1.54) is 0 Å². The van der Waals surface area contributed by atoms with Crippen LogP contribution in [-0.2, 0) is 17.8 Å². The molecule has 0 saturated heterocycles. The number of carbonyl (C=O) groups is 1. The molecule has 19 heavy (non-hydrogen) atoms. The van der Waals surface area contributed by atoms with Crippen LogP contribution in [0, 0.1) is 16.0 Å². The Bertz CT molecular complexity index is 558. The molecule has 0 unspecified atom stereocenters. The molecule has 2 atom stereocenters. The Balaban J connectivity index is 1.72. The molecule has 0 radical (unpaired) electrons. The number of nitro groups is 1. The van der Waals surface area contributed by atoms with E-state index in [1.54, 1.807) is 17.0 Å². The molecular weight excluding hydrogens is 248 g/mol. The van der Waals surface area contributed by atoms with Crippen molar-refractivity contribution >= 4 is 5.91 Å². The highest BCUT2D eigenvalue weighted by atomic mass is 16.6. The number of benzene rings is 1. The molecule has 6 heteroatoms. The molecule has 0 spiro atoms. The lowest BCUT2D eigenvalue weighted by Crippen LogP contribution is -2.37. The largest absolute Gasteiger partial charge is 0.508 e. The molecule has 3 rings (SSSR count). The Kier molecular flexibility index (Phi) is 2.66. The van der Waals surface area contributed by atoms with E-state index in [0.29, 0.717) is 19.5 Å². The van der Waals surface area contributed by atoms with Crippen LogP contribution in [0.2, 0.25) is 0 Å². The van der Waals surface area contributed by atoms with Crippen LogP contribution in [0.5, 0.6) is 5.75 Å². The third kappa shape index (κ3) is 2.14. The van der Waals surface area contributed by atoms with Crippen molar-refractivity contribution in [2.24, 2.45) is 5.92 Å². The molecule has 6 nitrogen and oxygen atoms in total. The Morgan fingerprint density at radius 3 is 2.89 bits per heavy atom. The Morgan fingerprint density at radius 1 is 1.42 bits per heavy atom. The van der Waals surface area contributed by atoms with Gasteiger partial charge in [-0.2, -0.15) is 0 Å². The number of carbonyl (C=O) groups excluding carboxylic acids is 1. The summed E-state index contributed by atoms with van der Waals surface area (Å²) in [6.07, 6.45) is 1.09. The number of amides is 1. The van der Waals surface area contributed by atoms with Gasteiger partial charge in [0.25, 0.3) is 0 Å². The van der Waals surface area contributed by atoms with Crippen LogP contribution in [0.15, 0.2) is 18.2 Å². The molecule has 0 aromatic heterocycles. The molecule has 1 fully saturated rings. The molecule has 1 aliphatic heterocycles. The van der Waals surface area contributed by atoms with Crippen molar-refractivity contribution in [3.05, 3.63) is 39.4 Å². The molecule has 1 saturated carbocycles. The van der Waals surface area contributed by atoms with E-state index in [-0.39, 0.29) is 16.6 Å². The Labute approximate surface area is 109 Å². The first-order valence-electron chi connectivity index (χ1n) is 6.29. The molecule has 1 aromatic rings. The van der Waals surface area contributed by atoms with E-state index in [9.17, 15) is 20.0 Å². The van der Waals surface area contributed by atoms with Gasteiger partial charge < -0.3 is 10.0 Å². The second-order valence-electron chi connectivity index (χ2n) is 5.16. The summed E-state index contributed by atoms with van der Waals surface area (Å²) < 4.78 is 0. The minimum Gasteiger partial charge on any atom is -0.508 e. The summed E-state index contributed by atoms with van der Waals surface area (Å²) in [5.74, 6) is -0.396. The van der Waals surface area contributed by atoms with Crippen LogP contribution < -0.4 is 0 Å². The highest BCUT2D eigenvalue weighted by Gasteiger charge is 2.54. The number of aromatic hydroxyl groups is 1. The van der Waals surface area contributed by atoms with Crippen LogP contribution >= 0.6 is 0 Å². The fraction of sp³-hybridized carbons (Fsp3) is 0.462. The molecule has 1 amide bonds. The maximum absolute atomic E-state index is 12.1. The van der Waals surface area contributed by atoms with E-state index in [0.717, 1.165) is 17.5 Å². The highest BCUT2D eigenvalue weighted by Crippen LogP contribution is 2.36. The summed E-state index contributed by atoms with van der Waals surface area (Å²) in [6, 6.07) is 4.47. The lowest BCUT2D eigenvalue weighted by atomic mass is 9.99. The summed E-state index contributed by atoms with van der Waals surface area (Å²) >= 11 is 0. The summed E-state index contributed by atoms with van der Waals surface area (Å²) in [7, 11) is 0. The number of hydrogen-bond donors (Lipinski definition) is 1. The summed E-state index contributed by atoms with van der Waals surface area (Å²) in [5, 5.41) is 20.1. The minimum absolute atomic E-state index is 0.129. The van der Waals surface area contributed by atoms with E-state index in [2.05, 4.69) is 0 Å². The second-order valence-corrected chi connectivity index (χ2v) is 5.16. The maximum atomic E-state index is 12.1. The first-order chi connectivity index (χ1) is 9.06. The van der Waals surface area contributed by atoms with Gasteiger partial charge in [0.15, 0.2) is 0 Å². The zero-order valence-electron chi connectivity index (χ0n) is 10.3. The van der Waals surface area contributed by atoms with E-state index in [4.69, 9.17) is 0 Å². The van der Waals surface area contributed by atoms with Gasteiger partial charge in [0.05, 0.1) is 0 Å². The number of fused-ring (bicyclic) bond motifs is 1. The van der Waals surface area contributed by atoms with Gasteiger partial charge >= 0.3 is 0 Å². The predicted octanol–water partition coefficient (Wildman–Crippen LogP) is 0.942. The average molecular weight is 262 g/mol. The number of nitrogens with zero attached hydrogens (tertiary/aromatic N) is 2. The van der Waals surface area contributed by atoms with Gasteiger partial charge in [0, 0.05) is 24.4 Å². The quantitative estimate of drug-likeness (QED) is 0.635. The van der Waals surface area contributed by atoms with Crippen molar-refractivity contribution < 1.29 is 14.8 Å². The van der Waals surface area contributed by atoms with Gasteiger partial charge in [0.1, 0.15) is 11.7 Å². The van der Waals surface area contributed by atoms with Crippen molar-refractivity contribution in [2.75, 3.05) is 6.54 Å². The molecule has 1 aromatic carbocycles. The molecule has 1 N–H and O–H groups in total. The average Bonchev–Trinajstić information content (AvgIpc) is 3.17. The molecule has 2 aliphatic rings. The van der Waals surface area contributed by atoms with Gasteiger partial charge in [0.2, 0.25) is 11.9 Å². The Hall–Kier alpha value is -2.11. The number of phenolic OH excluding ortho intramolecular Hbond substituents is 1. The normalized spacial score (nSPS) is 24.7. The van der Waals surface area contributed by atoms with Crippen molar-refractivity contribution in [2.45, 2.75) is 25.4 Å². The molecular formula is C13H14N2O4. The second kappa shape index (κ2) is 4.22. The van der Waals surface area contributed by atoms with Crippen LogP contribution in [0.4, 0.5) is 0 Å². The molecule has 100 valence electrons. The van der Waals surface area contributed by atoms with E-state index < -0.39 is 12.0 Å². The van der Waals surface area contributed by atoms with Crippen molar-refractivity contribution in [1.82, 2.24) is 4.90 Å². The standard InChI is InChI=1S/C13H14N2O4/c16-10-2-1-8-3-4-14(7-9(8)5-10)13(17)11-6-12(11)15(18)19/h1-2,5,11-12,16H,3-4,6-7H2/t11-,12-/m0/s1. The van der Waals surface area contributed by atoms with Gasteiger partial charge in [-0.05, 0) is 29.7 Å². The predicted molar refractivity (Wildman–Crippen MR) is 66.1 cm³/mol. The van der Waals surface area contributed by atoms with Crippen molar-refractivity contribution in [3.63, 3.8) is 0 Å². The monoisotopic (exact) mass is 262 g/mol. The summed E-state index contributed by atoms with van der Waals surface area (Å²) in [4.78, 5) is 24.0. The van der Waals surface area contributed by atoms with E-state index >= 15 is 0 Å². The Morgan fingerprint density at radius 2 is 2.21 bits per heavy atom. The van der Waals surface area contributed by atoms with Crippen LogP contribution in [0.3, 0.4) is 0 Å².